The van der Waals surface area contributed by atoms with Crippen LogP contribution in [0.3, 0.4) is 0 Å². The molecule has 0 radical (unpaired) electrons. The molecule has 0 aromatic rings. The molecule has 13 nitrogen and oxygen atoms in total. The predicted molar refractivity (Wildman–Crippen MR) is 159 cm³/mol. The van der Waals surface area contributed by atoms with Gasteiger partial charge in [-0.15, -0.1) is 0 Å². The monoisotopic (exact) mass is 651 g/mol. The lowest BCUT2D eigenvalue weighted by Gasteiger charge is -2.26. The van der Waals surface area contributed by atoms with Gasteiger partial charge >= 0.3 is 28.5 Å². The number of morpholine rings is 1. The van der Waals surface area contributed by atoms with Crippen LogP contribution in [0.1, 0.15) is 60.8 Å². The van der Waals surface area contributed by atoms with Gasteiger partial charge in [-0.1, -0.05) is 27.7 Å². The topological polar surface area (TPSA) is 161 Å². The Kier molecular flexibility index (Phi) is 18.5. The predicted octanol–water partition coefficient (Wildman–Crippen LogP) is 4.05. The minimum atomic E-state index is -1.30. The van der Waals surface area contributed by atoms with Crippen LogP contribution in [0.5, 0.6) is 0 Å². The minimum Gasteiger partial charge on any atom is -0.465 e. The average molecular weight is 652 g/mol. The summed E-state index contributed by atoms with van der Waals surface area (Å²) in [5, 5.41) is -1.62. The van der Waals surface area contributed by atoms with Crippen LogP contribution in [0.2, 0.25) is 0 Å². The number of nitrogens with zero attached hydrogens (tertiary/aromatic N) is 1. The highest BCUT2D eigenvalue weighted by Gasteiger charge is 2.36. The summed E-state index contributed by atoms with van der Waals surface area (Å²) in [5.74, 6) is -4.11. The number of carbonyl (C=O) groups is 6. The van der Waals surface area contributed by atoms with Gasteiger partial charge in [-0.05, 0) is 56.8 Å². The van der Waals surface area contributed by atoms with E-state index in [9.17, 15) is 28.8 Å². The summed E-state index contributed by atoms with van der Waals surface area (Å²) in [6.07, 6.45) is 1.12. The van der Waals surface area contributed by atoms with Crippen molar-refractivity contribution in [2.24, 2.45) is 17.8 Å². The highest BCUT2D eigenvalue weighted by Crippen LogP contribution is 2.31. The van der Waals surface area contributed by atoms with Crippen LogP contribution in [0.15, 0.2) is 0 Å². The summed E-state index contributed by atoms with van der Waals surface area (Å²) >= 11 is 1.23. The second-order valence-electron chi connectivity index (χ2n) is 10.8. The molecule has 43 heavy (non-hydrogen) atoms. The first kappa shape index (κ1) is 38.7. The summed E-state index contributed by atoms with van der Waals surface area (Å²) < 4.78 is 28.9. The molecule has 246 valence electrons. The van der Waals surface area contributed by atoms with E-state index in [2.05, 4.69) is 4.90 Å². The minimum absolute atomic E-state index is 0.133. The Hall–Kier alpha value is -2.36. The van der Waals surface area contributed by atoms with E-state index in [-0.39, 0.29) is 24.7 Å². The normalized spacial score (nSPS) is 14.6. The van der Waals surface area contributed by atoms with Crippen LogP contribution in [-0.2, 0) is 47.6 Å². The van der Waals surface area contributed by atoms with Gasteiger partial charge in [0.2, 0.25) is 13.6 Å². The second-order valence-corrected chi connectivity index (χ2v) is 13.4. The third kappa shape index (κ3) is 16.9. The van der Waals surface area contributed by atoms with Crippen LogP contribution in [0, 0.1) is 17.8 Å². The summed E-state index contributed by atoms with van der Waals surface area (Å²) in [7, 11) is 0. The molecule has 0 spiro atoms. The molecule has 0 saturated carbocycles. The molecule has 0 unspecified atom stereocenters. The number of carbonyl (C=O) groups excluding carboxylic acids is 6. The van der Waals surface area contributed by atoms with E-state index in [1.54, 1.807) is 27.7 Å². The number of esters is 3. The van der Waals surface area contributed by atoms with Crippen molar-refractivity contribution in [3.05, 3.63) is 0 Å². The molecule has 0 aromatic carbocycles. The third-order valence-corrected chi connectivity index (χ3v) is 8.04. The molecule has 0 N–H and O–H groups in total. The van der Waals surface area contributed by atoms with Crippen LogP contribution in [0.4, 0.5) is 9.59 Å². The van der Waals surface area contributed by atoms with Gasteiger partial charge in [0, 0.05) is 25.3 Å². The number of thioether (sulfide) groups is 2. The van der Waals surface area contributed by atoms with Crippen molar-refractivity contribution in [2.45, 2.75) is 65.6 Å². The van der Waals surface area contributed by atoms with Crippen molar-refractivity contribution in [1.29, 1.82) is 0 Å². The van der Waals surface area contributed by atoms with Gasteiger partial charge in [-0.2, -0.15) is 0 Å². The fourth-order valence-electron chi connectivity index (χ4n) is 3.34. The third-order valence-electron chi connectivity index (χ3n) is 6.09. The lowest BCUT2D eigenvalue weighted by atomic mass is 9.97. The van der Waals surface area contributed by atoms with Crippen LogP contribution in [-0.4, -0.2) is 103 Å². The van der Waals surface area contributed by atoms with E-state index in [0.717, 1.165) is 26.1 Å². The maximum atomic E-state index is 13.2. The fraction of sp³-hybridized carbons (Fsp3) is 0.786. The summed E-state index contributed by atoms with van der Waals surface area (Å²) in [6, 6.07) is 0. The Morgan fingerprint density at radius 2 is 1.33 bits per heavy atom. The zero-order valence-corrected chi connectivity index (χ0v) is 27.5. The summed E-state index contributed by atoms with van der Waals surface area (Å²) in [4.78, 5) is 75.9. The SMILES string of the molecule is CC(C)C(=O)OCOC(=O)SC[C@H](CC(=O)C(C)(C)SC(=O)OCOC(=O)C(C)C)C(=O)OCCCCN1CCOCC1. The smallest absolute Gasteiger partial charge is 0.371 e. The first-order valence-corrected chi connectivity index (χ1v) is 16.0. The number of ketones is 1. The van der Waals surface area contributed by atoms with Gasteiger partial charge in [-0.25, -0.2) is 9.59 Å². The van der Waals surface area contributed by atoms with E-state index in [0.29, 0.717) is 43.2 Å². The van der Waals surface area contributed by atoms with E-state index in [4.69, 9.17) is 28.4 Å². The van der Waals surface area contributed by atoms with Crippen molar-refractivity contribution in [2.75, 3.05) is 58.8 Å². The van der Waals surface area contributed by atoms with Crippen LogP contribution >= 0.6 is 23.5 Å². The number of unbranched alkanes of at least 4 members (excludes halogenated alkanes) is 1. The maximum absolute atomic E-state index is 13.2. The molecule has 0 aliphatic carbocycles. The highest BCUT2D eigenvalue weighted by atomic mass is 32.2. The molecule has 1 heterocycles. The second kappa shape index (κ2) is 20.6. The van der Waals surface area contributed by atoms with Crippen molar-refractivity contribution in [3.8, 4) is 0 Å². The van der Waals surface area contributed by atoms with Gasteiger partial charge in [-0.3, -0.25) is 24.1 Å². The van der Waals surface area contributed by atoms with Crippen LogP contribution in [0.25, 0.3) is 0 Å². The van der Waals surface area contributed by atoms with Gasteiger partial charge < -0.3 is 28.4 Å². The van der Waals surface area contributed by atoms with E-state index in [1.807, 2.05) is 0 Å². The Morgan fingerprint density at radius 3 is 1.88 bits per heavy atom. The van der Waals surface area contributed by atoms with Crippen molar-refractivity contribution >= 4 is 57.8 Å². The molecule has 15 heteroatoms. The number of hydrogen-bond donors (Lipinski definition) is 0. The van der Waals surface area contributed by atoms with Crippen molar-refractivity contribution in [3.63, 3.8) is 0 Å². The lowest BCUT2D eigenvalue weighted by Crippen LogP contribution is -2.37. The van der Waals surface area contributed by atoms with E-state index in [1.165, 1.54) is 13.8 Å². The van der Waals surface area contributed by atoms with Crippen molar-refractivity contribution < 1.29 is 57.2 Å². The zero-order chi connectivity index (χ0) is 32.4. The molecule has 0 bridgehead atoms. The molecule has 1 aliphatic rings. The maximum Gasteiger partial charge on any atom is 0.371 e. The first-order valence-electron chi connectivity index (χ1n) is 14.2. The zero-order valence-electron chi connectivity index (χ0n) is 25.9. The lowest BCUT2D eigenvalue weighted by molar-refractivity contribution is -0.156. The Morgan fingerprint density at radius 1 is 0.767 bits per heavy atom. The molecule has 1 aliphatic heterocycles. The van der Waals surface area contributed by atoms with Crippen molar-refractivity contribution in [1.82, 2.24) is 4.90 Å². The number of rotatable bonds is 18. The largest absolute Gasteiger partial charge is 0.465 e. The number of hydrogen-bond acceptors (Lipinski definition) is 15. The van der Waals surface area contributed by atoms with E-state index >= 15 is 0 Å². The molecule has 1 atom stereocenters. The number of ether oxygens (including phenoxy) is 6. The quantitative estimate of drug-likeness (QED) is 0.0902. The standard InChI is InChI=1S/C28H45NO12S2/c1-19(2)23(31)38-17-40-26(34)42-16-21(25(33)37-12-8-7-9-29-10-13-36-14-11-29)15-22(30)28(5,6)43-27(35)41-18-39-24(32)20(3)4/h19-21H,7-18H2,1-6H3/t21-/m0/s1. The molecule has 0 amide bonds. The van der Waals surface area contributed by atoms with Gasteiger partial charge in [0.1, 0.15) is 5.78 Å². The Labute approximate surface area is 261 Å². The fourth-order valence-corrected chi connectivity index (χ4v) is 4.79. The summed E-state index contributed by atoms with van der Waals surface area (Å²) in [6.45, 7) is 12.5. The highest BCUT2D eigenvalue weighted by molar-refractivity contribution is 8.15. The van der Waals surface area contributed by atoms with E-state index < -0.39 is 64.5 Å². The summed E-state index contributed by atoms with van der Waals surface area (Å²) in [5.41, 5.74) is 0. The average Bonchev–Trinajstić information content (AvgIpc) is 2.94. The molecule has 1 rings (SSSR count). The van der Waals surface area contributed by atoms with Gasteiger partial charge in [0.05, 0.1) is 42.3 Å². The van der Waals surface area contributed by atoms with Gasteiger partial charge in [0.25, 0.3) is 0 Å². The first-order chi connectivity index (χ1) is 20.2. The van der Waals surface area contributed by atoms with Crippen LogP contribution < -0.4 is 0 Å². The number of Topliss-reactive ketones (excluding diaryl/α,β-unsaturated/α-hetero) is 1. The molecule has 1 saturated heterocycles. The molecular weight excluding hydrogens is 606 g/mol. The van der Waals surface area contributed by atoms with Gasteiger partial charge in [0.15, 0.2) is 0 Å². The molecule has 0 aromatic heterocycles. The Balaban J connectivity index is 2.67. The molecular formula is C28H45NO12S2. The molecule has 1 fully saturated rings. The Bertz CT molecular complexity index is 935.